The molecular formula is C55H65Cl4N3O6. The van der Waals surface area contributed by atoms with Crippen molar-refractivity contribution >= 4 is 69.1 Å². The van der Waals surface area contributed by atoms with Crippen molar-refractivity contribution in [2.24, 2.45) is 28.6 Å². The van der Waals surface area contributed by atoms with Gasteiger partial charge in [0.15, 0.2) is 5.78 Å². The molecule has 9 nitrogen and oxygen atoms in total. The SMILES string of the molecule is CCc1cccc2c3c([nH]c12)C(CC)(CC(=O)O)OCC3.C[C@]12CCC(=O)C=C1CC[C@@H]1[C@@H]2CC[C@@]2(C)[C@H]1CC[C@]2(C)O.Clc1ccc(COC(Cn2ccnc2)c2ccc(Cl)cc2Cl)c(Cl)c1. The van der Waals surface area contributed by atoms with Crippen LogP contribution in [0.5, 0.6) is 0 Å². The maximum Gasteiger partial charge on any atom is 0.306 e. The lowest BCUT2D eigenvalue weighted by Crippen LogP contribution is -2.53. The highest BCUT2D eigenvalue weighted by molar-refractivity contribution is 6.35. The lowest BCUT2D eigenvalue weighted by atomic mass is 9.46. The number of imidazole rings is 1. The van der Waals surface area contributed by atoms with E-state index < -0.39 is 17.2 Å². The van der Waals surface area contributed by atoms with Crippen molar-refractivity contribution in [3.05, 3.63) is 133 Å². The van der Waals surface area contributed by atoms with E-state index in [9.17, 15) is 19.8 Å². The van der Waals surface area contributed by atoms with Gasteiger partial charge in [-0.15, -0.1) is 0 Å². The molecule has 2 unspecified atom stereocenters. The number of carboxylic acid groups (broad SMARTS) is 1. The summed E-state index contributed by atoms with van der Waals surface area (Å²) in [5.41, 5.74) is 6.91. The van der Waals surface area contributed by atoms with E-state index >= 15 is 0 Å². The summed E-state index contributed by atoms with van der Waals surface area (Å²) in [6, 6.07) is 17.0. The van der Waals surface area contributed by atoms with Gasteiger partial charge in [0, 0.05) is 55.4 Å². The van der Waals surface area contributed by atoms with Gasteiger partial charge in [-0.2, -0.15) is 0 Å². The summed E-state index contributed by atoms with van der Waals surface area (Å²) in [7, 11) is 0. The van der Waals surface area contributed by atoms with Crippen molar-refractivity contribution in [2.75, 3.05) is 6.61 Å². The van der Waals surface area contributed by atoms with Crippen LogP contribution in [-0.2, 0) is 50.7 Å². The van der Waals surface area contributed by atoms with E-state index in [4.69, 9.17) is 55.9 Å². The van der Waals surface area contributed by atoms with E-state index in [0.717, 1.165) is 79.1 Å². The molecule has 5 aliphatic rings. The third-order valence-corrected chi connectivity index (χ3v) is 18.0. The number of halogens is 4. The van der Waals surface area contributed by atoms with Gasteiger partial charge in [-0.3, -0.25) is 9.59 Å². The lowest BCUT2D eigenvalue weighted by molar-refractivity contribution is -0.148. The number of H-pyrrole nitrogens is 1. The van der Waals surface area contributed by atoms with E-state index in [1.807, 2.05) is 35.9 Å². The quantitative estimate of drug-likeness (QED) is 0.127. The Hall–Kier alpha value is -3.67. The van der Waals surface area contributed by atoms with Crippen LogP contribution >= 0.6 is 46.4 Å². The number of benzene rings is 3. The van der Waals surface area contributed by atoms with Crippen molar-refractivity contribution in [1.82, 2.24) is 14.5 Å². The average molecular weight is 1010 g/mol. The van der Waals surface area contributed by atoms with Crippen molar-refractivity contribution in [2.45, 2.75) is 142 Å². The molecule has 0 radical (unpaired) electrons. The van der Waals surface area contributed by atoms with Gasteiger partial charge in [0.1, 0.15) is 11.7 Å². The molecule has 0 saturated heterocycles. The Kier molecular flexibility index (Phi) is 15.3. The molecule has 0 bridgehead atoms. The van der Waals surface area contributed by atoms with Gasteiger partial charge in [0.2, 0.25) is 0 Å². The molecule has 364 valence electrons. The molecule has 1 aliphatic heterocycles. The minimum absolute atomic E-state index is 0.00474. The zero-order chi connectivity index (χ0) is 48.6. The molecule has 0 amide bonds. The van der Waals surface area contributed by atoms with Gasteiger partial charge in [0.05, 0.1) is 43.8 Å². The van der Waals surface area contributed by atoms with Gasteiger partial charge >= 0.3 is 5.97 Å². The number of ketones is 1. The number of aliphatic hydroxyl groups is 1. The molecule has 10 rings (SSSR count). The predicted molar refractivity (Wildman–Crippen MR) is 272 cm³/mol. The number of allylic oxidation sites excluding steroid dienone is 1. The summed E-state index contributed by atoms with van der Waals surface area (Å²) in [5.74, 6) is 1.68. The number of aromatic amines is 1. The van der Waals surface area contributed by atoms with Crippen LogP contribution in [0.15, 0.2) is 85.0 Å². The number of aryl methyl sites for hydroxylation is 1. The van der Waals surface area contributed by atoms with E-state index in [0.29, 0.717) is 58.0 Å². The first-order valence-corrected chi connectivity index (χ1v) is 25.8. The van der Waals surface area contributed by atoms with Crippen LogP contribution in [0.3, 0.4) is 0 Å². The number of carbonyl (C=O) groups is 2. The molecule has 3 N–H and O–H groups in total. The molecule has 3 heterocycles. The van der Waals surface area contributed by atoms with Gasteiger partial charge in [-0.1, -0.05) is 110 Å². The Bertz CT molecular complexity index is 2660. The summed E-state index contributed by atoms with van der Waals surface area (Å²) in [6.45, 7) is 12.4. The van der Waals surface area contributed by atoms with Crippen molar-refractivity contribution in [3.63, 3.8) is 0 Å². The van der Waals surface area contributed by atoms with Crippen LogP contribution in [0.1, 0.15) is 133 Å². The average Bonchev–Trinajstić information content (AvgIpc) is 4.03. The summed E-state index contributed by atoms with van der Waals surface area (Å²) in [6.07, 6.45) is 18.2. The topological polar surface area (TPSA) is 127 Å². The Balaban J connectivity index is 0.000000138. The number of hydrogen-bond donors (Lipinski definition) is 3. The molecule has 8 atom stereocenters. The molecule has 0 spiro atoms. The first-order chi connectivity index (χ1) is 32.4. The summed E-state index contributed by atoms with van der Waals surface area (Å²) in [4.78, 5) is 30.7. The number of carbonyl (C=O) groups excluding carboxylic acids is 1. The number of carboxylic acids is 1. The number of nitrogens with one attached hydrogen (secondary N) is 1. The number of para-hydroxylation sites is 1. The monoisotopic (exact) mass is 1000 g/mol. The number of ether oxygens (including phenoxy) is 2. The summed E-state index contributed by atoms with van der Waals surface area (Å²) < 4.78 is 14.0. The number of aromatic nitrogens is 3. The number of rotatable bonds is 10. The van der Waals surface area contributed by atoms with Crippen molar-refractivity contribution in [3.8, 4) is 0 Å². The second kappa shape index (κ2) is 20.6. The minimum Gasteiger partial charge on any atom is -0.481 e. The minimum atomic E-state index is -0.820. The van der Waals surface area contributed by atoms with Crippen molar-refractivity contribution < 1.29 is 29.3 Å². The highest BCUT2D eigenvalue weighted by atomic mass is 35.5. The molecule has 5 aromatic rings. The molecule has 68 heavy (non-hydrogen) atoms. The lowest BCUT2D eigenvalue weighted by Gasteiger charge is -2.58. The van der Waals surface area contributed by atoms with Gasteiger partial charge < -0.3 is 29.2 Å². The molecule has 13 heteroatoms. The predicted octanol–water partition coefficient (Wildman–Crippen LogP) is 14.1. The van der Waals surface area contributed by atoms with E-state index in [-0.39, 0.29) is 23.4 Å². The fourth-order valence-electron chi connectivity index (χ4n) is 12.7. The van der Waals surface area contributed by atoms with Crippen LogP contribution in [0.25, 0.3) is 10.9 Å². The zero-order valence-electron chi connectivity index (χ0n) is 39.9. The van der Waals surface area contributed by atoms with Crippen LogP contribution in [0.2, 0.25) is 20.1 Å². The van der Waals surface area contributed by atoms with Crippen LogP contribution in [-0.4, -0.2) is 48.7 Å². The van der Waals surface area contributed by atoms with E-state index in [1.165, 1.54) is 41.3 Å². The van der Waals surface area contributed by atoms with Gasteiger partial charge in [0.25, 0.3) is 0 Å². The zero-order valence-corrected chi connectivity index (χ0v) is 42.9. The fraction of sp³-hybridized carbons (Fsp3) is 0.509. The first-order valence-electron chi connectivity index (χ1n) is 24.3. The van der Waals surface area contributed by atoms with Crippen LogP contribution in [0.4, 0.5) is 0 Å². The number of fused-ring (bicyclic) bond motifs is 8. The Morgan fingerprint density at radius 2 is 1.68 bits per heavy atom. The Morgan fingerprint density at radius 3 is 2.37 bits per heavy atom. The normalized spacial score (nSPS) is 28.7. The number of aliphatic carboxylic acids is 1. The third kappa shape index (κ3) is 9.97. The smallest absolute Gasteiger partial charge is 0.306 e. The summed E-state index contributed by atoms with van der Waals surface area (Å²) >= 11 is 24.5. The molecule has 4 aliphatic carbocycles. The van der Waals surface area contributed by atoms with Crippen LogP contribution < -0.4 is 0 Å². The Labute approximate surface area is 420 Å². The van der Waals surface area contributed by atoms with E-state index in [1.54, 1.807) is 36.8 Å². The maximum atomic E-state index is 11.8. The second-order valence-corrected chi connectivity index (χ2v) is 22.1. The van der Waals surface area contributed by atoms with Gasteiger partial charge in [-0.25, -0.2) is 4.98 Å². The molecule has 2 aromatic heterocycles. The van der Waals surface area contributed by atoms with Gasteiger partial charge in [-0.05, 0) is 147 Å². The standard InChI is InChI=1S/C20H30O2.C18H14Cl4N2O.C17H21NO3/c1-18-9-6-14(21)12-13(18)4-5-15-16(18)7-10-19(2)17(15)8-11-20(19,3)22;19-13-2-1-12(16(21)7-13)10-25-18(9-24-6-5-23-11-24)15-4-3-14(20)8-17(15)22;1-3-11-6-5-7-12-13-8-9-21-17(4-2,10-14(19)20)16(13)18-15(11)12/h12,15-17,22H,4-11H2,1-3H3;1-8,11,18H,9-10H2;5-7,18H,3-4,8-10H2,1-2H3,(H,19,20)/t15-,16+,17+,18+,19+,20+;;/m1../s1. The molecule has 3 aromatic carbocycles. The largest absolute Gasteiger partial charge is 0.481 e. The first kappa shape index (κ1) is 50.7. The maximum absolute atomic E-state index is 11.8. The van der Waals surface area contributed by atoms with Crippen molar-refractivity contribution in [1.29, 1.82) is 0 Å². The highest BCUT2D eigenvalue weighted by Gasteiger charge is 2.62. The second-order valence-electron chi connectivity index (χ2n) is 20.4. The molecule has 3 saturated carbocycles. The molecule has 3 fully saturated rings. The summed E-state index contributed by atoms with van der Waals surface area (Å²) in [5, 5.41) is 23.7. The number of hydrogen-bond acceptors (Lipinski definition) is 6. The molecular weight excluding hydrogens is 940 g/mol. The highest BCUT2D eigenvalue weighted by Crippen LogP contribution is 2.67. The Morgan fingerprint density at radius 1 is 0.926 bits per heavy atom. The van der Waals surface area contributed by atoms with Crippen LogP contribution in [0, 0.1) is 28.6 Å². The third-order valence-electron chi connectivity index (χ3n) is 16.8. The van der Waals surface area contributed by atoms with E-state index in [2.05, 4.69) is 55.9 Å². The fourth-order valence-corrected chi connectivity index (χ4v) is 13.7. The number of nitrogens with zero attached hydrogens (tertiary/aromatic N) is 2.